The smallest absolute Gasteiger partial charge is 0.308 e. The Morgan fingerprint density at radius 2 is 1.83 bits per heavy atom. The number of halogens is 1. The van der Waals surface area contributed by atoms with Gasteiger partial charge in [-0.05, 0) is 52.4 Å². The number of carbonyl (C=O) groups is 2. The molecule has 2 saturated carbocycles. The van der Waals surface area contributed by atoms with Crippen molar-refractivity contribution < 1.29 is 14.3 Å². The number of nitrogens with one attached hydrogen (secondary N) is 1. The van der Waals surface area contributed by atoms with Crippen molar-refractivity contribution in [3.05, 3.63) is 0 Å². The van der Waals surface area contributed by atoms with Gasteiger partial charge in [0.15, 0.2) is 0 Å². The Bertz CT molecular complexity index is 407. The molecule has 23 heavy (non-hydrogen) atoms. The summed E-state index contributed by atoms with van der Waals surface area (Å²) in [5.41, 5.74) is 5.92. The first kappa shape index (κ1) is 20.2. The number of ether oxygens (including phenoxy) is 1. The van der Waals surface area contributed by atoms with Gasteiger partial charge in [-0.3, -0.25) is 9.59 Å². The third kappa shape index (κ3) is 5.35. The molecule has 0 spiro atoms. The maximum Gasteiger partial charge on any atom is 0.308 e. The quantitative estimate of drug-likeness (QED) is 0.766. The second-order valence-corrected chi connectivity index (χ2v) is 7.11. The van der Waals surface area contributed by atoms with E-state index in [1.54, 1.807) is 0 Å². The van der Waals surface area contributed by atoms with Crippen LogP contribution in [0.15, 0.2) is 0 Å². The zero-order chi connectivity index (χ0) is 16.2. The fourth-order valence-electron chi connectivity index (χ4n) is 3.82. The minimum Gasteiger partial charge on any atom is -0.466 e. The first-order valence-corrected chi connectivity index (χ1v) is 8.70. The Morgan fingerprint density at radius 3 is 2.39 bits per heavy atom. The van der Waals surface area contributed by atoms with Gasteiger partial charge in [-0.2, -0.15) is 0 Å². The zero-order valence-corrected chi connectivity index (χ0v) is 15.1. The van der Waals surface area contributed by atoms with E-state index < -0.39 is 0 Å². The predicted octanol–water partition coefficient (Wildman–Crippen LogP) is 2.55. The van der Waals surface area contributed by atoms with E-state index in [4.69, 9.17) is 10.5 Å². The van der Waals surface area contributed by atoms with E-state index in [1.165, 1.54) is 0 Å². The van der Waals surface area contributed by atoms with Crippen LogP contribution >= 0.6 is 12.4 Å². The molecule has 134 valence electrons. The Morgan fingerprint density at radius 1 is 1.17 bits per heavy atom. The maximum absolute atomic E-state index is 12.5. The number of carbonyl (C=O) groups excluding carboxylic acids is 2. The highest BCUT2D eigenvalue weighted by atomic mass is 35.5. The van der Waals surface area contributed by atoms with Gasteiger partial charge in [0, 0.05) is 11.6 Å². The van der Waals surface area contributed by atoms with Crippen LogP contribution in [0.3, 0.4) is 0 Å². The summed E-state index contributed by atoms with van der Waals surface area (Å²) < 4.78 is 5.08. The van der Waals surface area contributed by atoms with Gasteiger partial charge in [0.05, 0.1) is 18.4 Å². The summed E-state index contributed by atoms with van der Waals surface area (Å²) in [5, 5.41) is 3.16. The predicted molar refractivity (Wildman–Crippen MR) is 92.3 cm³/mol. The number of hydrogen-bond donors (Lipinski definition) is 2. The standard InChI is InChI=1S/C17H30N2O3.ClH/c1-3-22-16(21)12-7-9-13(10-8-12)19-15(20)14-6-4-5-11-17(14,2)18;/h12-14H,3-11,18H2,1-2H3,(H,19,20);1H. The maximum atomic E-state index is 12.5. The van der Waals surface area contributed by atoms with Crippen LogP contribution in [0.5, 0.6) is 0 Å². The molecule has 2 atom stereocenters. The van der Waals surface area contributed by atoms with Crippen LogP contribution in [0.25, 0.3) is 0 Å². The van der Waals surface area contributed by atoms with Gasteiger partial charge in [-0.15, -0.1) is 12.4 Å². The fraction of sp³-hybridized carbons (Fsp3) is 0.882. The van der Waals surface area contributed by atoms with E-state index in [-0.39, 0.29) is 47.7 Å². The van der Waals surface area contributed by atoms with Crippen LogP contribution in [-0.2, 0) is 14.3 Å². The summed E-state index contributed by atoms with van der Waals surface area (Å²) in [6.45, 7) is 4.26. The highest BCUT2D eigenvalue weighted by Crippen LogP contribution is 2.32. The first-order chi connectivity index (χ1) is 10.4. The van der Waals surface area contributed by atoms with E-state index in [9.17, 15) is 9.59 Å². The highest BCUT2D eigenvalue weighted by Gasteiger charge is 2.39. The molecular formula is C17H31ClN2O3. The van der Waals surface area contributed by atoms with Crippen molar-refractivity contribution in [2.75, 3.05) is 6.61 Å². The van der Waals surface area contributed by atoms with Gasteiger partial charge in [-0.1, -0.05) is 12.8 Å². The fourth-order valence-corrected chi connectivity index (χ4v) is 3.82. The van der Waals surface area contributed by atoms with Gasteiger partial charge >= 0.3 is 5.97 Å². The number of hydrogen-bond acceptors (Lipinski definition) is 4. The summed E-state index contributed by atoms with van der Waals surface area (Å²) in [6, 6.07) is 0.177. The molecule has 2 rings (SSSR count). The number of amides is 1. The molecule has 5 nitrogen and oxygen atoms in total. The molecule has 2 aliphatic carbocycles. The SMILES string of the molecule is CCOC(=O)C1CCC(NC(=O)C2CCCCC2(C)N)CC1.Cl. The van der Waals surface area contributed by atoms with Gasteiger partial charge in [-0.25, -0.2) is 0 Å². The van der Waals surface area contributed by atoms with E-state index in [0.29, 0.717) is 6.61 Å². The van der Waals surface area contributed by atoms with Crippen molar-refractivity contribution in [3.8, 4) is 0 Å². The average Bonchev–Trinajstić information content (AvgIpc) is 2.47. The van der Waals surface area contributed by atoms with Crippen LogP contribution in [0, 0.1) is 11.8 Å². The zero-order valence-electron chi connectivity index (χ0n) is 14.3. The Labute approximate surface area is 145 Å². The van der Waals surface area contributed by atoms with Crippen LogP contribution in [-0.4, -0.2) is 30.1 Å². The van der Waals surface area contributed by atoms with Crippen molar-refractivity contribution in [2.24, 2.45) is 17.6 Å². The Balaban J connectivity index is 0.00000264. The molecule has 0 radical (unpaired) electrons. The lowest BCUT2D eigenvalue weighted by atomic mass is 9.74. The molecule has 1 amide bonds. The minimum atomic E-state index is -0.384. The van der Waals surface area contributed by atoms with Crippen LogP contribution in [0.2, 0.25) is 0 Å². The van der Waals surface area contributed by atoms with Crippen molar-refractivity contribution >= 4 is 24.3 Å². The summed E-state index contributed by atoms with van der Waals surface area (Å²) in [6.07, 6.45) is 7.30. The van der Waals surface area contributed by atoms with E-state index in [0.717, 1.165) is 51.4 Å². The lowest BCUT2D eigenvalue weighted by molar-refractivity contribution is -0.149. The number of esters is 1. The monoisotopic (exact) mass is 346 g/mol. The molecule has 0 aliphatic heterocycles. The lowest BCUT2D eigenvalue weighted by Crippen LogP contribution is -2.54. The topological polar surface area (TPSA) is 81.4 Å². The molecule has 0 heterocycles. The molecular weight excluding hydrogens is 316 g/mol. The van der Waals surface area contributed by atoms with Crippen molar-refractivity contribution in [1.82, 2.24) is 5.32 Å². The highest BCUT2D eigenvalue weighted by molar-refractivity contribution is 5.85. The van der Waals surface area contributed by atoms with Gasteiger partial charge in [0.1, 0.15) is 0 Å². The molecule has 2 unspecified atom stereocenters. The lowest BCUT2D eigenvalue weighted by Gasteiger charge is -2.38. The number of nitrogens with two attached hydrogens (primary N) is 1. The van der Waals surface area contributed by atoms with Crippen molar-refractivity contribution in [2.45, 2.75) is 76.8 Å². The molecule has 3 N–H and O–H groups in total. The van der Waals surface area contributed by atoms with Crippen molar-refractivity contribution in [1.29, 1.82) is 0 Å². The van der Waals surface area contributed by atoms with Gasteiger partial charge < -0.3 is 15.8 Å². The van der Waals surface area contributed by atoms with Gasteiger partial charge in [0.25, 0.3) is 0 Å². The molecule has 0 aromatic heterocycles. The van der Waals surface area contributed by atoms with E-state index >= 15 is 0 Å². The first-order valence-electron chi connectivity index (χ1n) is 8.70. The minimum absolute atomic E-state index is 0. The number of rotatable bonds is 4. The molecule has 0 aromatic rings. The molecule has 2 aliphatic rings. The second kappa shape index (κ2) is 8.88. The van der Waals surface area contributed by atoms with Crippen LogP contribution < -0.4 is 11.1 Å². The third-order valence-corrected chi connectivity index (χ3v) is 5.26. The normalized spacial score (nSPS) is 34.1. The van der Waals surface area contributed by atoms with E-state index in [1.807, 2.05) is 13.8 Å². The summed E-state index contributed by atoms with van der Waals surface area (Å²) in [4.78, 5) is 24.3. The van der Waals surface area contributed by atoms with Crippen LogP contribution in [0.4, 0.5) is 0 Å². The average molecular weight is 347 g/mol. The molecule has 2 fully saturated rings. The summed E-state index contributed by atoms with van der Waals surface area (Å²) in [7, 11) is 0. The Hall–Kier alpha value is -0.810. The van der Waals surface area contributed by atoms with Gasteiger partial charge in [0.2, 0.25) is 5.91 Å². The van der Waals surface area contributed by atoms with E-state index in [2.05, 4.69) is 5.32 Å². The summed E-state index contributed by atoms with van der Waals surface area (Å²) in [5.74, 6) is -0.0648. The molecule has 0 bridgehead atoms. The largest absolute Gasteiger partial charge is 0.466 e. The Kier molecular flexibility index (Phi) is 7.81. The molecule has 0 saturated heterocycles. The molecule has 0 aromatic carbocycles. The molecule has 6 heteroatoms. The summed E-state index contributed by atoms with van der Waals surface area (Å²) >= 11 is 0. The second-order valence-electron chi connectivity index (χ2n) is 7.11. The third-order valence-electron chi connectivity index (χ3n) is 5.26. The van der Waals surface area contributed by atoms with Crippen molar-refractivity contribution in [3.63, 3.8) is 0 Å². The van der Waals surface area contributed by atoms with Crippen LogP contribution in [0.1, 0.15) is 65.2 Å².